The summed E-state index contributed by atoms with van der Waals surface area (Å²) in [5.41, 5.74) is -0.102. The summed E-state index contributed by atoms with van der Waals surface area (Å²) in [5.74, 6) is 1.75. The molecule has 0 N–H and O–H groups in total. The van der Waals surface area contributed by atoms with Crippen LogP contribution in [-0.2, 0) is 9.47 Å². The van der Waals surface area contributed by atoms with Crippen LogP contribution in [0.3, 0.4) is 0 Å². The molecule has 3 rings (SSSR count). The van der Waals surface area contributed by atoms with E-state index >= 15 is 0 Å². The second kappa shape index (κ2) is 3.47. The molecule has 0 radical (unpaired) electrons. The normalized spacial score (nSPS) is 35.9. The zero-order valence-corrected chi connectivity index (χ0v) is 9.90. The van der Waals surface area contributed by atoms with Crippen molar-refractivity contribution in [3.8, 4) is 0 Å². The maximum absolute atomic E-state index is 5.71. The van der Waals surface area contributed by atoms with Crippen LogP contribution < -0.4 is 0 Å². The van der Waals surface area contributed by atoms with Crippen molar-refractivity contribution in [2.45, 2.75) is 45.2 Å². The standard InChI is InChI=1S/C12H18N2O2/c1-8-6-15-10(13-8)12(4-3-5-12)11-14-9(2)7-16-11/h8-9H,3-7H2,1-2H3/t8-,9-/m1/s1. The molecule has 2 heterocycles. The molecule has 4 heteroatoms. The molecule has 2 atom stereocenters. The molecule has 0 unspecified atom stereocenters. The molecule has 88 valence electrons. The Bertz CT molecular complexity index is 328. The minimum absolute atomic E-state index is 0.102. The van der Waals surface area contributed by atoms with Crippen LogP contribution in [-0.4, -0.2) is 37.1 Å². The predicted molar refractivity (Wildman–Crippen MR) is 62.0 cm³/mol. The zero-order valence-electron chi connectivity index (χ0n) is 9.90. The molecule has 1 saturated carbocycles. The van der Waals surface area contributed by atoms with Crippen molar-refractivity contribution < 1.29 is 9.47 Å². The van der Waals surface area contributed by atoms with E-state index in [1.165, 1.54) is 6.42 Å². The van der Waals surface area contributed by atoms with Crippen LogP contribution in [0.5, 0.6) is 0 Å². The highest BCUT2D eigenvalue weighted by Crippen LogP contribution is 2.46. The Morgan fingerprint density at radius 3 is 1.75 bits per heavy atom. The van der Waals surface area contributed by atoms with Crippen molar-refractivity contribution in [1.29, 1.82) is 0 Å². The molecule has 0 amide bonds. The van der Waals surface area contributed by atoms with Gasteiger partial charge in [0.05, 0.1) is 12.1 Å². The van der Waals surface area contributed by atoms with Gasteiger partial charge in [-0.1, -0.05) is 6.42 Å². The first-order chi connectivity index (χ1) is 7.71. The quantitative estimate of drug-likeness (QED) is 0.715. The molecule has 16 heavy (non-hydrogen) atoms. The second-order valence-corrected chi connectivity index (χ2v) is 5.12. The molecule has 0 aromatic heterocycles. The van der Waals surface area contributed by atoms with Gasteiger partial charge in [0.1, 0.15) is 18.6 Å². The van der Waals surface area contributed by atoms with Crippen molar-refractivity contribution in [1.82, 2.24) is 0 Å². The van der Waals surface area contributed by atoms with Gasteiger partial charge in [-0.2, -0.15) is 0 Å². The Balaban J connectivity index is 1.89. The van der Waals surface area contributed by atoms with Gasteiger partial charge in [-0.25, -0.2) is 9.98 Å². The Kier molecular flexibility index (Phi) is 2.19. The Morgan fingerprint density at radius 2 is 1.50 bits per heavy atom. The van der Waals surface area contributed by atoms with Gasteiger partial charge in [-0.15, -0.1) is 0 Å². The minimum Gasteiger partial charge on any atom is -0.478 e. The van der Waals surface area contributed by atoms with Gasteiger partial charge in [0.15, 0.2) is 11.8 Å². The average molecular weight is 222 g/mol. The first-order valence-corrected chi connectivity index (χ1v) is 6.13. The summed E-state index contributed by atoms with van der Waals surface area (Å²) in [6, 6.07) is 0.568. The highest BCUT2D eigenvalue weighted by Gasteiger charge is 2.52. The van der Waals surface area contributed by atoms with E-state index < -0.39 is 0 Å². The zero-order chi connectivity index (χ0) is 11.2. The highest BCUT2D eigenvalue weighted by molar-refractivity contribution is 6.07. The molecule has 0 aromatic rings. The van der Waals surface area contributed by atoms with E-state index in [0.29, 0.717) is 13.2 Å². The number of ether oxygens (including phenoxy) is 2. The average Bonchev–Trinajstić information content (AvgIpc) is 2.75. The third-order valence-corrected chi connectivity index (χ3v) is 3.62. The van der Waals surface area contributed by atoms with Gasteiger partial charge in [-0.3, -0.25) is 0 Å². The monoisotopic (exact) mass is 222 g/mol. The van der Waals surface area contributed by atoms with Crippen LogP contribution >= 0.6 is 0 Å². The topological polar surface area (TPSA) is 43.2 Å². The molecule has 2 aliphatic heterocycles. The second-order valence-electron chi connectivity index (χ2n) is 5.12. The Morgan fingerprint density at radius 1 is 1.00 bits per heavy atom. The molecule has 0 spiro atoms. The lowest BCUT2D eigenvalue weighted by molar-refractivity contribution is 0.196. The number of hydrogen-bond acceptors (Lipinski definition) is 4. The van der Waals surface area contributed by atoms with E-state index in [9.17, 15) is 0 Å². The lowest BCUT2D eigenvalue weighted by atomic mass is 9.68. The lowest BCUT2D eigenvalue weighted by Gasteiger charge is -2.39. The molecule has 4 nitrogen and oxygen atoms in total. The summed E-state index contributed by atoms with van der Waals surface area (Å²) in [7, 11) is 0. The molecule has 0 aromatic carbocycles. The number of hydrogen-bond donors (Lipinski definition) is 0. The summed E-state index contributed by atoms with van der Waals surface area (Å²) < 4.78 is 11.4. The fourth-order valence-corrected chi connectivity index (χ4v) is 2.52. The maximum Gasteiger partial charge on any atom is 0.199 e. The van der Waals surface area contributed by atoms with Crippen LogP contribution in [0.25, 0.3) is 0 Å². The third kappa shape index (κ3) is 1.35. The van der Waals surface area contributed by atoms with Gasteiger partial charge in [0.25, 0.3) is 0 Å². The largest absolute Gasteiger partial charge is 0.478 e. The van der Waals surface area contributed by atoms with Gasteiger partial charge < -0.3 is 9.47 Å². The fourth-order valence-electron chi connectivity index (χ4n) is 2.52. The van der Waals surface area contributed by atoms with Gasteiger partial charge in [0, 0.05) is 0 Å². The van der Waals surface area contributed by atoms with Crippen molar-refractivity contribution in [3.63, 3.8) is 0 Å². The van der Waals surface area contributed by atoms with Gasteiger partial charge in [0.2, 0.25) is 0 Å². The van der Waals surface area contributed by atoms with Crippen LogP contribution in [0.1, 0.15) is 33.1 Å². The predicted octanol–water partition coefficient (Wildman–Crippen LogP) is 1.79. The van der Waals surface area contributed by atoms with Crippen molar-refractivity contribution in [2.24, 2.45) is 15.4 Å². The van der Waals surface area contributed by atoms with Gasteiger partial charge >= 0.3 is 0 Å². The van der Waals surface area contributed by atoms with Crippen LogP contribution in [0.4, 0.5) is 0 Å². The molecule has 0 saturated heterocycles. The van der Waals surface area contributed by atoms with E-state index in [1.807, 2.05) is 0 Å². The highest BCUT2D eigenvalue weighted by atomic mass is 16.5. The van der Waals surface area contributed by atoms with E-state index in [1.54, 1.807) is 0 Å². The molecule has 1 aliphatic carbocycles. The van der Waals surface area contributed by atoms with E-state index in [-0.39, 0.29) is 17.5 Å². The van der Waals surface area contributed by atoms with Crippen LogP contribution in [0, 0.1) is 5.41 Å². The van der Waals surface area contributed by atoms with Crippen molar-refractivity contribution >= 4 is 11.8 Å². The number of aliphatic imine (C=N–C) groups is 2. The SMILES string of the molecule is C[C@@H]1COC(C2(C3=N[C@H](C)CO3)CCC2)=N1. The molecule has 1 fully saturated rings. The first kappa shape index (κ1) is 10.1. The molecular formula is C12H18N2O2. The molecular weight excluding hydrogens is 204 g/mol. The van der Waals surface area contributed by atoms with Crippen LogP contribution in [0.15, 0.2) is 9.98 Å². The summed E-state index contributed by atoms with van der Waals surface area (Å²) in [5, 5.41) is 0. The first-order valence-electron chi connectivity index (χ1n) is 6.13. The van der Waals surface area contributed by atoms with Gasteiger partial charge in [-0.05, 0) is 26.7 Å². The van der Waals surface area contributed by atoms with E-state index in [2.05, 4.69) is 23.8 Å². The van der Waals surface area contributed by atoms with E-state index in [4.69, 9.17) is 9.47 Å². The Labute approximate surface area is 95.8 Å². The smallest absolute Gasteiger partial charge is 0.199 e. The fraction of sp³-hybridized carbons (Fsp3) is 0.833. The van der Waals surface area contributed by atoms with Crippen molar-refractivity contribution in [3.05, 3.63) is 0 Å². The number of rotatable bonds is 2. The summed E-state index contributed by atoms with van der Waals surface area (Å²) in [6.45, 7) is 5.58. The lowest BCUT2D eigenvalue weighted by Crippen LogP contribution is -2.45. The summed E-state index contributed by atoms with van der Waals surface area (Å²) >= 11 is 0. The Hall–Kier alpha value is -1.06. The number of nitrogens with zero attached hydrogens (tertiary/aromatic N) is 2. The molecule has 0 bridgehead atoms. The van der Waals surface area contributed by atoms with Crippen LogP contribution in [0.2, 0.25) is 0 Å². The van der Waals surface area contributed by atoms with E-state index in [0.717, 1.165) is 24.6 Å². The third-order valence-electron chi connectivity index (χ3n) is 3.62. The summed E-state index contributed by atoms with van der Waals surface area (Å²) in [4.78, 5) is 9.17. The maximum atomic E-state index is 5.71. The minimum atomic E-state index is -0.102. The van der Waals surface area contributed by atoms with Crippen molar-refractivity contribution in [2.75, 3.05) is 13.2 Å². The molecule has 3 aliphatic rings. The summed E-state index contributed by atoms with van der Waals surface area (Å²) in [6.07, 6.45) is 3.36.